The molecule has 2 aromatic rings. The van der Waals surface area contributed by atoms with Gasteiger partial charge in [0.2, 0.25) is 0 Å². The number of aromatic amines is 1. The van der Waals surface area contributed by atoms with Gasteiger partial charge in [0, 0.05) is 11.3 Å². The molecule has 0 bridgehead atoms. The largest absolute Gasteiger partial charge is 0.387 e. The van der Waals surface area contributed by atoms with Crippen LogP contribution < -0.4 is 5.69 Å². The molecule has 1 heterocycles. The Morgan fingerprint density at radius 1 is 1.35 bits per heavy atom. The molecule has 4 rings (SSSR count). The van der Waals surface area contributed by atoms with E-state index in [-0.39, 0.29) is 17.0 Å². The van der Waals surface area contributed by atoms with Crippen LogP contribution in [0.2, 0.25) is 0 Å². The van der Waals surface area contributed by atoms with Crippen LogP contribution in [0, 0.1) is 0 Å². The molecule has 2 unspecified atom stereocenters. The van der Waals surface area contributed by atoms with Crippen LogP contribution in [0.4, 0.5) is 0 Å². The zero-order chi connectivity index (χ0) is 16.0. The number of nitrogens with zero attached hydrogens (tertiary/aromatic N) is 2. The van der Waals surface area contributed by atoms with E-state index in [2.05, 4.69) is 22.3 Å². The van der Waals surface area contributed by atoms with Crippen molar-refractivity contribution in [2.75, 3.05) is 0 Å². The molecule has 1 saturated carbocycles. The van der Waals surface area contributed by atoms with Crippen molar-refractivity contribution < 1.29 is 5.11 Å². The maximum atomic E-state index is 11.8. The second-order valence-electron chi connectivity index (χ2n) is 6.56. The van der Waals surface area contributed by atoms with Gasteiger partial charge in [0.1, 0.15) is 0 Å². The van der Waals surface area contributed by atoms with Crippen molar-refractivity contribution >= 4 is 11.8 Å². The Morgan fingerprint density at radius 2 is 2.13 bits per heavy atom. The van der Waals surface area contributed by atoms with Gasteiger partial charge in [-0.1, -0.05) is 30.0 Å². The summed E-state index contributed by atoms with van der Waals surface area (Å²) in [5, 5.41) is 18.0. The van der Waals surface area contributed by atoms with E-state index < -0.39 is 6.10 Å². The molecule has 23 heavy (non-hydrogen) atoms. The van der Waals surface area contributed by atoms with Gasteiger partial charge in [0.15, 0.2) is 5.16 Å². The maximum absolute atomic E-state index is 11.8. The molecule has 5 nitrogen and oxygen atoms in total. The predicted molar refractivity (Wildman–Crippen MR) is 89.9 cm³/mol. The van der Waals surface area contributed by atoms with E-state index >= 15 is 0 Å². The van der Waals surface area contributed by atoms with E-state index in [4.69, 9.17) is 0 Å². The highest BCUT2D eigenvalue weighted by atomic mass is 32.2. The van der Waals surface area contributed by atoms with Crippen LogP contribution in [0.25, 0.3) is 0 Å². The lowest BCUT2D eigenvalue weighted by Crippen LogP contribution is -2.18. The first-order valence-corrected chi connectivity index (χ1v) is 9.15. The fourth-order valence-electron chi connectivity index (χ4n) is 3.31. The van der Waals surface area contributed by atoms with Gasteiger partial charge in [-0.3, -0.25) is 4.57 Å². The summed E-state index contributed by atoms with van der Waals surface area (Å²) in [6.45, 7) is 1.99. The fourth-order valence-corrected chi connectivity index (χ4v) is 4.37. The molecular weight excluding hydrogens is 310 g/mol. The molecule has 2 aliphatic rings. The van der Waals surface area contributed by atoms with Crippen molar-refractivity contribution in [2.45, 2.75) is 61.6 Å². The predicted octanol–water partition coefficient (Wildman–Crippen LogP) is 2.61. The van der Waals surface area contributed by atoms with Crippen molar-refractivity contribution in [2.24, 2.45) is 0 Å². The normalized spacial score (nSPS) is 19.6. The van der Waals surface area contributed by atoms with Gasteiger partial charge in [-0.15, -0.1) is 5.10 Å². The summed E-state index contributed by atoms with van der Waals surface area (Å²) in [5.41, 5.74) is 3.60. The minimum Gasteiger partial charge on any atom is -0.387 e. The van der Waals surface area contributed by atoms with E-state index in [0.717, 1.165) is 31.2 Å². The average Bonchev–Trinajstić information content (AvgIpc) is 3.15. The van der Waals surface area contributed by atoms with E-state index in [9.17, 15) is 9.90 Å². The number of nitrogens with one attached hydrogen (secondary N) is 1. The molecule has 6 heteroatoms. The summed E-state index contributed by atoms with van der Waals surface area (Å²) < 4.78 is 1.73. The summed E-state index contributed by atoms with van der Waals surface area (Å²) in [4.78, 5) is 11.8. The first kappa shape index (κ1) is 15.0. The quantitative estimate of drug-likeness (QED) is 0.826. The summed E-state index contributed by atoms with van der Waals surface area (Å²) in [7, 11) is 0. The molecule has 1 fully saturated rings. The lowest BCUT2D eigenvalue weighted by Gasteiger charge is -2.19. The zero-order valence-electron chi connectivity index (χ0n) is 13.2. The first-order valence-electron chi connectivity index (χ1n) is 8.27. The number of hydrogen-bond acceptors (Lipinski definition) is 4. The highest BCUT2D eigenvalue weighted by molar-refractivity contribution is 7.99. The number of aliphatic hydroxyl groups is 1. The van der Waals surface area contributed by atoms with Crippen LogP contribution in [0.1, 0.15) is 55.0 Å². The zero-order valence-corrected chi connectivity index (χ0v) is 14.0. The Kier molecular flexibility index (Phi) is 3.81. The monoisotopic (exact) mass is 331 g/mol. The van der Waals surface area contributed by atoms with Gasteiger partial charge in [0.25, 0.3) is 0 Å². The smallest absolute Gasteiger partial charge is 0.344 e. The average molecular weight is 331 g/mol. The van der Waals surface area contributed by atoms with Crippen molar-refractivity contribution in [1.29, 1.82) is 0 Å². The van der Waals surface area contributed by atoms with Gasteiger partial charge in [-0.05, 0) is 55.7 Å². The molecule has 2 N–H and O–H groups in total. The Hall–Kier alpha value is -1.53. The molecular formula is C17H21N3O2S. The molecule has 1 aromatic carbocycles. The highest BCUT2D eigenvalue weighted by Gasteiger charge is 2.30. The molecule has 0 radical (unpaired) electrons. The Balaban J connectivity index is 1.52. The summed E-state index contributed by atoms with van der Waals surface area (Å²) in [5.74, 6) is 0. The number of thioether (sulfide) groups is 1. The molecule has 0 amide bonds. The minimum atomic E-state index is -0.564. The maximum Gasteiger partial charge on any atom is 0.344 e. The molecule has 0 saturated heterocycles. The number of benzene rings is 1. The van der Waals surface area contributed by atoms with Gasteiger partial charge >= 0.3 is 5.69 Å². The molecule has 2 atom stereocenters. The van der Waals surface area contributed by atoms with Crippen molar-refractivity contribution in [3.63, 3.8) is 0 Å². The third kappa shape index (κ3) is 2.85. The van der Waals surface area contributed by atoms with Gasteiger partial charge in [-0.25, -0.2) is 9.89 Å². The Morgan fingerprint density at radius 3 is 2.91 bits per heavy atom. The van der Waals surface area contributed by atoms with Crippen LogP contribution >= 0.6 is 11.8 Å². The second-order valence-corrected chi connectivity index (χ2v) is 7.91. The number of H-pyrrole nitrogens is 1. The van der Waals surface area contributed by atoms with Crippen LogP contribution in [0.15, 0.2) is 28.2 Å². The van der Waals surface area contributed by atoms with E-state index in [1.807, 2.05) is 13.0 Å². The third-order valence-electron chi connectivity index (χ3n) is 4.78. The lowest BCUT2D eigenvalue weighted by molar-refractivity contribution is 0.179. The number of aromatic nitrogens is 3. The number of hydrogen-bond donors (Lipinski definition) is 2. The topological polar surface area (TPSA) is 70.9 Å². The number of fused-ring (bicyclic) bond motifs is 1. The van der Waals surface area contributed by atoms with Gasteiger partial charge in [-0.2, -0.15) is 0 Å². The van der Waals surface area contributed by atoms with Gasteiger partial charge < -0.3 is 5.11 Å². The standard InChI is InChI=1S/C17H21N3O2S/c1-10(23-17-19-18-16(22)20(17)14-7-8-14)15(21)13-6-5-11-3-2-4-12(11)9-13/h5-6,9-10,14-15,21H,2-4,7-8H2,1H3,(H,18,22). The summed E-state index contributed by atoms with van der Waals surface area (Å²) >= 11 is 1.47. The molecule has 2 aliphatic carbocycles. The highest BCUT2D eigenvalue weighted by Crippen LogP contribution is 2.38. The Bertz CT molecular complexity index is 778. The van der Waals surface area contributed by atoms with Gasteiger partial charge in [0.05, 0.1) is 6.10 Å². The first-order chi connectivity index (χ1) is 11.1. The van der Waals surface area contributed by atoms with Crippen LogP contribution in [-0.2, 0) is 12.8 Å². The fraction of sp³-hybridized carbons (Fsp3) is 0.529. The van der Waals surface area contributed by atoms with E-state index in [0.29, 0.717) is 5.16 Å². The second kappa shape index (κ2) is 5.83. The summed E-state index contributed by atoms with van der Waals surface area (Å²) in [6, 6.07) is 6.60. The number of rotatable bonds is 5. The summed E-state index contributed by atoms with van der Waals surface area (Å²) in [6.07, 6.45) is 4.98. The van der Waals surface area contributed by atoms with E-state index in [1.165, 1.54) is 29.3 Å². The lowest BCUT2D eigenvalue weighted by atomic mass is 10.0. The van der Waals surface area contributed by atoms with Crippen LogP contribution in [-0.4, -0.2) is 25.1 Å². The molecule has 0 spiro atoms. The van der Waals surface area contributed by atoms with Crippen molar-refractivity contribution in [1.82, 2.24) is 14.8 Å². The SMILES string of the molecule is CC(Sc1n[nH]c(=O)n1C1CC1)C(O)c1ccc2c(c1)CCC2. The molecule has 122 valence electrons. The van der Waals surface area contributed by atoms with Crippen molar-refractivity contribution in [3.8, 4) is 0 Å². The van der Waals surface area contributed by atoms with Crippen molar-refractivity contribution in [3.05, 3.63) is 45.4 Å². The molecule has 0 aliphatic heterocycles. The van der Waals surface area contributed by atoms with E-state index in [1.54, 1.807) is 4.57 Å². The van der Waals surface area contributed by atoms with Crippen LogP contribution in [0.3, 0.4) is 0 Å². The third-order valence-corrected chi connectivity index (χ3v) is 5.91. The number of aryl methyl sites for hydroxylation is 2. The minimum absolute atomic E-state index is 0.0675. The molecule has 1 aromatic heterocycles. The van der Waals surface area contributed by atoms with Crippen LogP contribution in [0.5, 0.6) is 0 Å². The number of aliphatic hydroxyl groups excluding tert-OH is 1. The Labute approximate surface area is 139 Å².